The van der Waals surface area contributed by atoms with E-state index in [1.807, 2.05) is 20.8 Å². The van der Waals surface area contributed by atoms with Crippen molar-refractivity contribution < 1.29 is 12.8 Å². The second-order valence-electron chi connectivity index (χ2n) is 4.79. The Morgan fingerprint density at radius 3 is 2.38 bits per heavy atom. The molecule has 0 fully saturated rings. The molecule has 0 radical (unpaired) electrons. The lowest BCUT2D eigenvalue weighted by Gasteiger charge is -2.16. The molecule has 0 saturated heterocycles. The van der Waals surface area contributed by atoms with Gasteiger partial charge in [0.1, 0.15) is 5.82 Å². The van der Waals surface area contributed by atoms with Crippen LogP contribution in [0.15, 0.2) is 17.0 Å². The normalized spacial score (nSPS) is 12.1. The van der Waals surface area contributed by atoms with Crippen LogP contribution in [0.2, 0.25) is 5.02 Å². The third kappa shape index (κ3) is 4.92. The van der Waals surface area contributed by atoms with E-state index in [1.54, 1.807) is 0 Å². The van der Waals surface area contributed by atoms with E-state index in [1.165, 1.54) is 6.07 Å². The maximum atomic E-state index is 13.8. The Balaban J connectivity index is 3.14. The molecule has 21 heavy (non-hydrogen) atoms. The number of hydrogen-bond donors (Lipinski definition) is 2. The van der Waals surface area contributed by atoms with Crippen LogP contribution >= 0.6 is 11.6 Å². The summed E-state index contributed by atoms with van der Waals surface area (Å²) in [7, 11) is -3.75. The highest BCUT2D eigenvalue weighted by atomic mass is 35.5. The molecule has 1 aromatic rings. The van der Waals surface area contributed by atoms with Crippen LogP contribution in [-0.4, -0.2) is 21.0 Å². The fraction of sp³-hybridized carbons (Fsp3) is 0.571. The number of nitrogens with one attached hydrogen (secondary N) is 2. The van der Waals surface area contributed by atoms with E-state index in [4.69, 9.17) is 11.6 Å². The molecule has 120 valence electrons. The lowest BCUT2D eigenvalue weighted by Crippen LogP contribution is -2.34. The van der Waals surface area contributed by atoms with Crippen LogP contribution < -0.4 is 10.0 Å². The molecule has 0 aliphatic carbocycles. The molecule has 0 aliphatic rings. The maximum absolute atomic E-state index is 13.8. The molecular formula is C14H22ClFN2O2S. The van der Waals surface area contributed by atoms with Gasteiger partial charge in [-0.25, -0.2) is 17.5 Å². The van der Waals surface area contributed by atoms with Gasteiger partial charge in [0.2, 0.25) is 10.0 Å². The van der Waals surface area contributed by atoms with Crippen LogP contribution in [0.5, 0.6) is 0 Å². The van der Waals surface area contributed by atoms with Crippen molar-refractivity contribution in [3.05, 3.63) is 28.5 Å². The van der Waals surface area contributed by atoms with Gasteiger partial charge in [-0.15, -0.1) is 0 Å². The molecule has 1 rings (SSSR count). The summed E-state index contributed by atoms with van der Waals surface area (Å²) in [6, 6.07) is 2.22. The summed E-state index contributed by atoms with van der Waals surface area (Å²) in [6.07, 6.45) is 1.35. The van der Waals surface area contributed by atoms with E-state index < -0.39 is 15.8 Å². The Hall–Kier alpha value is -0.690. The molecule has 0 atom stereocenters. The van der Waals surface area contributed by atoms with E-state index in [0.29, 0.717) is 31.5 Å². The second kappa shape index (κ2) is 8.08. The first-order chi connectivity index (χ1) is 9.85. The van der Waals surface area contributed by atoms with Crippen molar-refractivity contribution in [3.63, 3.8) is 0 Å². The quantitative estimate of drug-likeness (QED) is 0.767. The predicted molar refractivity (Wildman–Crippen MR) is 83.5 cm³/mol. The molecule has 7 heteroatoms. The zero-order valence-electron chi connectivity index (χ0n) is 12.5. The molecule has 1 aromatic carbocycles. The average molecular weight is 337 g/mol. The van der Waals surface area contributed by atoms with E-state index in [9.17, 15) is 12.8 Å². The molecule has 2 N–H and O–H groups in total. The highest BCUT2D eigenvalue weighted by Gasteiger charge is 2.21. The van der Waals surface area contributed by atoms with Gasteiger partial charge in [-0.05, 0) is 37.1 Å². The fourth-order valence-corrected chi connectivity index (χ4v) is 3.54. The van der Waals surface area contributed by atoms with Crippen molar-refractivity contribution in [1.82, 2.24) is 10.0 Å². The van der Waals surface area contributed by atoms with Crippen molar-refractivity contribution in [1.29, 1.82) is 0 Å². The number of hydrogen-bond acceptors (Lipinski definition) is 3. The minimum absolute atomic E-state index is 0.0440. The monoisotopic (exact) mass is 336 g/mol. The smallest absolute Gasteiger partial charge is 0.240 e. The Bertz CT molecular complexity index is 575. The summed E-state index contributed by atoms with van der Waals surface area (Å²) in [4.78, 5) is -0.0933. The van der Waals surface area contributed by atoms with Crippen molar-refractivity contribution in [2.24, 2.45) is 0 Å². The largest absolute Gasteiger partial charge is 0.313 e. The van der Waals surface area contributed by atoms with Gasteiger partial charge in [-0.1, -0.05) is 32.4 Å². The van der Waals surface area contributed by atoms with Crippen LogP contribution in [0.25, 0.3) is 0 Å². The fourth-order valence-electron chi connectivity index (χ4n) is 1.90. The minimum Gasteiger partial charge on any atom is -0.313 e. The van der Waals surface area contributed by atoms with Gasteiger partial charge in [-0.3, -0.25) is 0 Å². The molecule has 0 bridgehead atoms. The first kappa shape index (κ1) is 18.4. The maximum Gasteiger partial charge on any atom is 0.240 e. The lowest BCUT2D eigenvalue weighted by molar-refractivity contribution is 0.528. The second-order valence-corrected chi connectivity index (χ2v) is 6.89. The summed E-state index contributed by atoms with van der Waals surface area (Å²) in [5, 5.41) is 2.96. The highest BCUT2D eigenvalue weighted by molar-refractivity contribution is 7.89. The Morgan fingerprint density at radius 1 is 1.24 bits per heavy atom. The Labute approximate surface area is 131 Å². The van der Waals surface area contributed by atoms with Crippen molar-refractivity contribution >= 4 is 21.6 Å². The minimum atomic E-state index is -3.75. The molecule has 0 heterocycles. The van der Waals surface area contributed by atoms with Gasteiger partial charge >= 0.3 is 0 Å². The molecular weight excluding hydrogens is 315 g/mol. The third-order valence-corrected chi connectivity index (χ3v) is 5.18. The van der Waals surface area contributed by atoms with Crippen LogP contribution in [0.3, 0.4) is 0 Å². The van der Waals surface area contributed by atoms with Gasteiger partial charge in [0, 0.05) is 12.6 Å². The number of rotatable bonds is 8. The highest BCUT2D eigenvalue weighted by Crippen LogP contribution is 2.24. The van der Waals surface area contributed by atoms with E-state index in [2.05, 4.69) is 10.0 Å². The molecule has 0 saturated carbocycles. The summed E-state index contributed by atoms with van der Waals surface area (Å²) >= 11 is 5.88. The van der Waals surface area contributed by atoms with Gasteiger partial charge < -0.3 is 5.32 Å². The zero-order valence-corrected chi connectivity index (χ0v) is 14.1. The van der Waals surface area contributed by atoms with Crippen LogP contribution in [0.4, 0.5) is 4.39 Å². The molecule has 0 amide bonds. The Kier molecular flexibility index (Phi) is 7.06. The van der Waals surface area contributed by atoms with Crippen molar-refractivity contribution in [2.45, 2.75) is 51.1 Å². The van der Waals surface area contributed by atoms with E-state index in [0.717, 1.165) is 6.07 Å². The summed E-state index contributed by atoms with van der Waals surface area (Å²) in [5.74, 6) is -0.725. The predicted octanol–water partition coefficient (Wildman–Crippen LogP) is 3.06. The zero-order chi connectivity index (χ0) is 16.0. The molecule has 0 aliphatic heterocycles. The SMILES string of the molecule is CCNCc1cc(S(=O)(=O)NC(CC)CC)cc(F)c1Cl. The molecule has 0 aromatic heterocycles. The summed E-state index contributed by atoms with van der Waals surface area (Å²) < 4.78 is 41.0. The lowest BCUT2D eigenvalue weighted by atomic mass is 10.2. The van der Waals surface area contributed by atoms with E-state index >= 15 is 0 Å². The van der Waals surface area contributed by atoms with Gasteiger partial charge in [0.05, 0.1) is 9.92 Å². The molecule has 0 unspecified atom stereocenters. The van der Waals surface area contributed by atoms with Crippen LogP contribution in [-0.2, 0) is 16.6 Å². The number of halogens is 2. The summed E-state index contributed by atoms with van der Waals surface area (Å²) in [6.45, 7) is 6.70. The molecule has 0 spiro atoms. The first-order valence-electron chi connectivity index (χ1n) is 7.06. The van der Waals surface area contributed by atoms with E-state index in [-0.39, 0.29) is 16.0 Å². The Morgan fingerprint density at radius 2 is 1.86 bits per heavy atom. The molecule has 4 nitrogen and oxygen atoms in total. The van der Waals surface area contributed by atoms with Crippen molar-refractivity contribution in [2.75, 3.05) is 6.54 Å². The van der Waals surface area contributed by atoms with Gasteiger partial charge in [0.25, 0.3) is 0 Å². The van der Waals surface area contributed by atoms with Crippen LogP contribution in [0, 0.1) is 5.82 Å². The van der Waals surface area contributed by atoms with Gasteiger partial charge in [0.15, 0.2) is 0 Å². The van der Waals surface area contributed by atoms with Crippen LogP contribution in [0.1, 0.15) is 39.2 Å². The topological polar surface area (TPSA) is 58.2 Å². The summed E-state index contributed by atoms with van der Waals surface area (Å²) in [5.41, 5.74) is 0.434. The number of sulfonamides is 1. The average Bonchev–Trinajstić information content (AvgIpc) is 2.45. The third-order valence-electron chi connectivity index (χ3n) is 3.26. The first-order valence-corrected chi connectivity index (χ1v) is 8.92. The van der Waals surface area contributed by atoms with Gasteiger partial charge in [-0.2, -0.15) is 0 Å². The standard InChI is InChI=1S/C14H22ClFN2O2S/c1-4-11(5-2)18-21(19,20)12-7-10(9-17-6-3)14(15)13(16)8-12/h7-8,11,17-18H,4-6,9H2,1-3H3. The number of benzene rings is 1. The van der Waals surface area contributed by atoms with Crippen molar-refractivity contribution in [3.8, 4) is 0 Å².